The first kappa shape index (κ1) is 21.8. The molecule has 3 amide bonds. The van der Waals surface area contributed by atoms with Gasteiger partial charge in [-0.1, -0.05) is 35.9 Å². The third kappa shape index (κ3) is 4.42. The fourth-order valence-electron chi connectivity index (χ4n) is 4.10. The van der Waals surface area contributed by atoms with Crippen molar-refractivity contribution >= 4 is 40.7 Å². The number of carbonyl (C=O) groups excluding carboxylic acids is 3. The minimum absolute atomic E-state index is 0.205. The van der Waals surface area contributed by atoms with E-state index in [0.29, 0.717) is 42.3 Å². The fraction of sp³-hybridized carbons (Fsp3) is 0.250. The fourth-order valence-corrected chi connectivity index (χ4v) is 5.07. The molecule has 0 aliphatic carbocycles. The minimum Gasteiger partial charge on any atom is -0.339 e. The van der Waals surface area contributed by atoms with Crippen molar-refractivity contribution in [3.63, 3.8) is 0 Å². The van der Waals surface area contributed by atoms with Gasteiger partial charge in [0.25, 0.3) is 11.8 Å². The van der Waals surface area contributed by atoms with Crippen LogP contribution in [0, 0.1) is 0 Å². The van der Waals surface area contributed by atoms with Crippen LogP contribution in [0.25, 0.3) is 11.3 Å². The summed E-state index contributed by atoms with van der Waals surface area (Å²) < 4.78 is 0. The van der Waals surface area contributed by atoms with Gasteiger partial charge in [0.1, 0.15) is 11.6 Å². The second kappa shape index (κ2) is 9.05. The van der Waals surface area contributed by atoms with E-state index in [2.05, 4.69) is 4.90 Å². The van der Waals surface area contributed by atoms with Crippen LogP contribution in [0.5, 0.6) is 0 Å². The van der Waals surface area contributed by atoms with Crippen molar-refractivity contribution in [1.29, 1.82) is 0 Å². The van der Waals surface area contributed by atoms with E-state index in [0.717, 1.165) is 27.7 Å². The number of amides is 3. The van der Waals surface area contributed by atoms with Gasteiger partial charge in [0.2, 0.25) is 5.91 Å². The van der Waals surface area contributed by atoms with Gasteiger partial charge in [0.15, 0.2) is 0 Å². The lowest BCUT2D eigenvalue weighted by atomic mass is 10.1. The Kier molecular flexibility index (Phi) is 5.97. The first-order chi connectivity index (χ1) is 16.0. The molecule has 2 aromatic carbocycles. The normalized spacial score (nSPS) is 16.4. The maximum atomic E-state index is 12.8. The molecule has 9 heteroatoms. The van der Waals surface area contributed by atoms with Crippen molar-refractivity contribution in [3.05, 3.63) is 75.1 Å². The molecule has 168 valence electrons. The smallest absolute Gasteiger partial charge is 0.262 e. The van der Waals surface area contributed by atoms with Crippen LogP contribution in [0.4, 0.5) is 0 Å². The molecule has 2 aliphatic rings. The average Bonchev–Trinajstić information content (AvgIpc) is 3.39. The van der Waals surface area contributed by atoms with E-state index < -0.39 is 11.8 Å². The predicted octanol–water partition coefficient (Wildman–Crippen LogP) is 3.40. The number of benzene rings is 2. The molecule has 3 heterocycles. The van der Waals surface area contributed by atoms with Crippen LogP contribution < -0.4 is 0 Å². The Hall–Kier alpha value is -3.07. The predicted molar refractivity (Wildman–Crippen MR) is 126 cm³/mol. The summed E-state index contributed by atoms with van der Waals surface area (Å²) in [6.45, 7) is 3.03. The Balaban J connectivity index is 1.14. The molecule has 0 atom stereocenters. The third-order valence-corrected chi connectivity index (χ3v) is 7.03. The summed E-state index contributed by atoms with van der Waals surface area (Å²) in [5.41, 5.74) is 2.69. The number of nitrogens with zero attached hydrogens (tertiary/aromatic N) is 4. The first-order valence-corrected chi connectivity index (χ1v) is 11.9. The molecule has 1 aromatic heterocycles. The van der Waals surface area contributed by atoms with Gasteiger partial charge in [0.05, 0.1) is 23.4 Å². The Morgan fingerprint density at radius 3 is 2.21 bits per heavy atom. The Morgan fingerprint density at radius 1 is 0.939 bits per heavy atom. The number of aromatic nitrogens is 1. The maximum Gasteiger partial charge on any atom is 0.262 e. The lowest BCUT2D eigenvalue weighted by molar-refractivity contribution is -0.133. The van der Waals surface area contributed by atoms with Crippen LogP contribution in [0.1, 0.15) is 25.7 Å². The number of piperazine rings is 1. The highest BCUT2D eigenvalue weighted by Crippen LogP contribution is 2.25. The van der Waals surface area contributed by atoms with Gasteiger partial charge in [0, 0.05) is 42.1 Å². The first-order valence-electron chi connectivity index (χ1n) is 10.7. The van der Waals surface area contributed by atoms with Crippen LogP contribution in [0.2, 0.25) is 5.02 Å². The highest BCUT2D eigenvalue weighted by molar-refractivity contribution is 7.09. The van der Waals surface area contributed by atoms with E-state index in [9.17, 15) is 14.4 Å². The Labute approximate surface area is 200 Å². The van der Waals surface area contributed by atoms with Gasteiger partial charge >= 0.3 is 0 Å². The maximum absolute atomic E-state index is 12.8. The van der Waals surface area contributed by atoms with E-state index in [1.807, 2.05) is 29.6 Å². The van der Waals surface area contributed by atoms with Gasteiger partial charge in [-0.2, -0.15) is 0 Å². The van der Waals surface area contributed by atoms with Crippen LogP contribution in [-0.4, -0.2) is 70.1 Å². The molecule has 3 aromatic rings. The zero-order valence-corrected chi connectivity index (χ0v) is 19.3. The number of thiazole rings is 1. The molecule has 0 unspecified atom stereocenters. The van der Waals surface area contributed by atoms with E-state index in [1.54, 1.807) is 40.5 Å². The summed E-state index contributed by atoms with van der Waals surface area (Å²) in [6.07, 6.45) is 0. The monoisotopic (exact) mass is 480 g/mol. The minimum atomic E-state index is -0.400. The summed E-state index contributed by atoms with van der Waals surface area (Å²) in [7, 11) is 0. The van der Waals surface area contributed by atoms with E-state index in [-0.39, 0.29) is 12.5 Å². The molecule has 0 bridgehead atoms. The van der Waals surface area contributed by atoms with Crippen molar-refractivity contribution in [3.8, 4) is 11.3 Å². The van der Waals surface area contributed by atoms with E-state index in [4.69, 9.17) is 16.6 Å². The van der Waals surface area contributed by atoms with E-state index >= 15 is 0 Å². The molecule has 0 N–H and O–H groups in total. The van der Waals surface area contributed by atoms with Crippen LogP contribution in [0.15, 0.2) is 53.9 Å². The Morgan fingerprint density at radius 2 is 1.58 bits per heavy atom. The molecule has 0 radical (unpaired) electrons. The lowest BCUT2D eigenvalue weighted by Gasteiger charge is -2.34. The van der Waals surface area contributed by atoms with Crippen molar-refractivity contribution < 1.29 is 14.4 Å². The molecular formula is C24H21ClN4O3S. The number of carbonyl (C=O) groups is 3. The highest BCUT2D eigenvalue weighted by atomic mass is 35.5. The topological polar surface area (TPSA) is 73.8 Å². The lowest BCUT2D eigenvalue weighted by Crippen LogP contribution is -2.51. The van der Waals surface area contributed by atoms with Crippen LogP contribution >= 0.6 is 22.9 Å². The third-order valence-electron chi connectivity index (χ3n) is 5.95. The SMILES string of the molecule is O=C(CN1C(=O)c2ccccc2C1=O)N1CCN(Cc2nc(-c3ccc(Cl)cc3)cs2)CC1. The number of hydrogen-bond donors (Lipinski definition) is 0. The van der Waals surface area contributed by atoms with Gasteiger partial charge < -0.3 is 4.90 Å². The zero-order valence-electron chi connectivity index (χ0n) is 17.7. The van der Waals surface area contributed by atoms with Gasteiger partial charge in [-0.15, -0.1) is 11.3 Å². The molecule has 1 saturated heterocycles. The Bertz CT molecular complexity index is 1180. The second-order valence-electron chi connectivity index (χ2n) is 8.03. The number of rotatable bonds is 5. The summed E-state index contributed by atoms with van der Waals surface area (Å²) in [6, 6.07) is 14.3. The molecule has 2 aliphatic heterocycles. The van der Waals surface area contributed by atoms with Crippen LogP contribution in [0.3, 0.4) is 0 Å². The van der Waals surface area contributed by atoms with Gasteiger partial charge in [-0.3, -0.25) is 24.2 Å². The quantitative estimate of drug-likeness (QED) is 0.523. The van der Waals surface area contributed by atoms with Gasteiger partial charge in [-0.05, 0) is 24.3 Å². The molecule has 7 nitrogen and oxygen atoms in total. The number of fused-ring (bicyclic) bond motifs is 1. The average molecular weight is 481 g/mol. The molecule has 0 spiro atoms. The molecule has 1 fully saturated rings. The summed E-state index contributed by atoms with van der Waals surface area (Å²) in [5.74, 6) is -1.01. The largest absolute Gasteiger partial charge is 0.339 e. The van der Waals surface area contributed by atoms with Crippen molar-refractivity contribution in [2.24, 2.45) is 0 Å². The van der Waals surface area contributed by atoms with Crippen LogP contribution in [-0.2, 0) is 11.3 Å². The summed E-state index contributed by atoms with van der Waals surface area (Å²) in [4.78, 5) is 47.6. The number of halogens is 1. The molecule has 0 saturated carbocycles. The van der Waals surface area contributed by atoms with E-state index in [1.165, 1.54) is 0 Å². The second-order valence-corrected chi connectivity index (χ2v) is 9.41. The summed E-state index contributed by atoms with van der Waals surface area (Å²) >= 11 is 7.58. The standard InChI is InChI=1S/C24H21ClN4O3S/c25-17-7-5-16(6-8-17)20-15-33-21(26-20)13-27-9-11-28(12-10-27)22(30)14-29-23(31)18-3-1-2-4-19(18)24(29)32/h1-8,15H,9-14H2. The zero-order chi connectivity index (χ0) is 22.9. The highest BCUT2D eigenvalue weighted by Gasteiger charge is 2.37. The number of hydrogen-bond acceptors (Lipinski definition) is 6. The summed E-state index contributed by atoms with van der Waals surface area (Å²) in [5, 5.41) is 3.76. The molecule has 33 heavy (non-hydrogen) atoms. The molecule has 5 rings (SSSR count). The van der Waals surface area contributed by atoms with Gasteiger partial charge in [-0.25, -0.2) is 4.98 Å². The van der Waals surface area contributed by atoms with Crippen molar-refractivity contribution in [2.45, 2.75) is 6.54 Å². The number of imide groups is 1. The van der Waals surface area contributed by atoms with Crippen molar-refractivity contribution in [1.82, 2.24) is 19.7 Å². The molecular weight excluding hydrogens is 460 g/mol. The van der Waals surface area contributed by atoms with Crippen molar-refractivity contribution in [2.75, 3.05) is 32.7 Å².